The average molecular weight is 228 g/mol. The Kier molecular flexibility index (Phi) is 3.63. The summed E-state index contributed by atoms with van der Waals surface area (Å²) in [4.78, 5) is 2.70. The molecule has 3 heteroatoms. The standard InChI is InChI=1S/C12H24N2S/c1-12(2)6-11(8-15-9-12)14-5-4-10(7-14)13-3/h10-11,13H,4-9H2,1-3H3. The molecule has 0 aliphatic carbocycles. The van der Waals surface area contributed by atoms with Gasteiger partial charge in [-0.15, -0.1) is 0 Å². The van der Waals surface area contributed by atoms with Gasteiger partial charge in [-0.2, -0.15) is 11.8 Å². The highest BCUT2D eigenvalue weighted by atomic mass is 32.2. The number of thioether (sulfide) groups is 1. The summed E-state index contributed by atoms with van der Waals surface area (Å²) in [6.07, 6.45) is 2.72. The Labute approximate surface area is 98.2 Å². The zero-order valence-electron chi connectivity index (χ0n) is 10.3. The molecule has 2 rings (SSSR count). The van der Waals surface area contributed by atoms with Crippen LogP contribution in [-0.4, -0.2) is 48.6 Å². The molecule has 2 atom stereocenters. The summed E-state index contributed by atoms with van der Waals surface area (Å²) < 4.78 is 0. The van der Waals surface area contributed by atoms with E-state index < -0.39 is 0 Å². The molecule has 0 aromatic rings. The third-order valence-electron chi connectivity index (χ3n) is 3.74. The number of rotatable bonds is 2. The first kappa shape index (κ1) is 11.7. The van der Waals surface area contributed by atoms with Gasteiger partial charge in [0.05, 0.1) is 0 Å². The molecule has 2 heterocycles. The highest BCUT2D eigenvalue weighted by molar-refractivity contribution is 7.99. The third-order valence-corrected chi connectivity index (χ3v) is 5.34. The Bertz CT molecular complexity index is 218. The van der Waals surface area contributed by atoms with Crippen molar-refractivity contribution in [1.82, 2.24) is 10.2 Å². The second-order valence-electron chi connectivity index (χ2n) is 5.81. The maximum absolute atomic E-state index is 3.41. The van der Waals surface area contributed by atoms with Crippen molar-refractivity contribution in [3.63, 3.8) is 0 Å². The molecular weight excluding hydrogens is 204 g/mol. The number of likely N-dealkylation sites (tertiary alicyclic amines) is 1. The molecule has 15 heavy (non-hydrogen) atoms. The summed E-state index contributed by atoms with van der Waals surface area (Å²) in [7, 11) is 2.09. The van der Waals surface area contributed by atoms with Gasteiger partial charge in [0.2, 0.25) is 0 Å². The Hall–Kier alpha value is 0.270. The van der Waals surface area contributed by atoms with Gasteiger partial charge in [0.15, 0.2) is 0 Å². The molecule has 2 unspecified atom stereocenters. The molecule has 2 aliphatic rings. The fourth-order valence-electron chi connectivity index (χ4n) is 2.82. The molecule has 0 amide bonds. The Morgan fingerprint density at radius 1 is 1.40 bits per heavy atom. The second kappa shape index (κ2) is 4.64. The summed E-state index contributed by atoms with van der Waals surface area (Å²) >= 11 is 2.14. The fraction of sp³-hybridized carbons (Fsp3) is 1.00. The van der Waals surface area contributed by atoms with Crippen molar-refractivity contribution in [1.29, 1.82) is 0 Å². The average Bonchev–Trinajstić information content (AvgIpc) is 2.64. The first-order valence-corrected chi connectivity index (χ1v) is 7.25. The molecule has 88 valence electrons. The minimum Gasteiger partial charge on any atom is -0.316 e. The molecule has 0 bridgehead atoms. The van der Waals surface area contributed by atoms with Gasteiger partial charge >= 0.3 is 0 Å². The highest BCUT2D eigenvalue weighted by Gasteiger charge is 2.34. The zero-order valence-corrected chi connectivity index (χ0v) is 11.1. The zero-order chi connectivity index (χ0) is 10.9. The number of hydrogen-bond donors (Lipinski definition) is 1. The number of hydrogen-bond acceptors (Lipinski definition) is 3. The Morgan fingerprint density at radius 2 is 2.20 bits per heavy atom. The lowest BCUT2D eigenvalue weighted by Crippen LogP contribution is -2.43. The highest BCUT2D eigenvalue weighted by Crippen LogP contribution is 2.36. The molecular formula is C12H24N2S. The minimum atomic E-state index is 0.547. The van der Waals surface area contributed by atoms with Gasteiger partial charge in [-0.1, -0.05) is 13.8 Å². The number of nitrogens with one attached hydrogen (secondary N) is 1. The fourth-order valence-corrected chi connectivity index (χ4v) is 4.21. The second-order valence-corrected chi connectivity index (χ2v) is 6.84. The van der Waals surface area contributed by atoms with E-state index in [0.29, 0.717) is 5.41 Å². The van der Waals surface area contributed by atoms with E-state index in [1.54, 1.807) is 0 Å². The van der Waals surface area contributed by atoms with E-state index in [-0.39, 0.29) is 0 Å². The van der Waals surface area contributed by atoms with E-state index in [1.165, 1.54) is 37.4 Å². The van der Waals surface area contributed by atoms with Crippen LogP contribution in [0, 0.1) is 5.41 Å². The van der Waals surface area contributed by atoms with Crippen LogP contribution in [0.4, 0.5) is 0 Å². The van der Waals surface area contributed by atoms with Crippen LogP contribution in [-0.2, 0) is 0 Å². The van der Waals surface area contributed by atoms with Crippen molar-refractivity contribution in [2.45, 2.75) is 38.8 Å². The summed E-state index contributed by atoms with van der Waals surface area (Å²) in [5.74, 6) is 2.69. The van der Waals surface area contributed by atoms with E-state index in [4.69, 9.17) is 0 Å². The molecule has 2 nitrogen and oxygen atoms in total. The van der Waals surface area contributed by atoms with Crippen molar-refractivity contribution in [2.75, 3.05) is 31.6 Å². The summed E-state index contributed by atoms with van der Waals surface area (Å²) in [5, 5.41) is 3.41. The minimum absolute atomic E-state index is 0.547. The van der Waals surface area contributed by atoms with Crippen LogP contribution in [0.1, 0.15) is 26.7 Å². The molecule has 0 saturated carbocycles. The monoisotopic (exact) mass is 228 g/mol. The molecule has 2 aliphatic heterocycles. The maximum atomic E-state index is 3.41. The van der Waals surface area contributed by atoms with Crippen LogP contribution in [0.3, 0.4) is 0 Å². The van der Waals surface area contributed by atoms with Gasteiger partial charge in [0.25, 0.3) is 0 Å². The van der Waals surface area contributed by atoms with E-state index in [2.05, 4.69) is 42.9 Å². The van der Waals surface area contributed by atoms with E-state index in [0.717, 1.165) is 12.1 Å². The SMILES string of the molecule is CNC1CCN(C2CSCC(C)(C)C2)C1. The van der Waals surface area contributed by atoms with Crippen LogP contribution in [0.5, 0.6) is 0 Å². The van der Waals surface area contributed by atoms with E-state index >= 15 is 0 Å². The smallest absolute Gasteiger partial charge is 0.0204 e. The van der Waals surface area contributed by atoms with Gasteiger partial charge in [0, 0.05) is 30.9 Å². The van der Waals surface area contributed by atoms with Gasteiger partial charge in [-0.25, -0.2) is 0 Å². The third kappa shape index (κ3) is 2.89. The van der Waals surface area contributed by atoms with Gasteiger partial charge in [-0.05, 0) is 31.1 Å². The first-order chi connectivity index (χ1) is 7.11. The summed E-state index contributed by atoms with van der Waals surface area (Å²) in [6.45, 7) is 7.39. The topological polar surface area (TPSA) is 15.3 Å². The molecule has 1 N–H and O–H groups in total. The molecule has 0 aromatic heterocycles. The lowest BCUT2D eigenvalue weighted by molar-refractivity contribution is 0.188. The predicted molar refractivity (Wildman–Crippen MR) is 68.5 cm³/mol. The number of nitrogens with zero attached hydrogens (tertiary/aromatic N) is 1. The number of likely N-dealkylation sites (N-methyl/N-ethyl adjacent to an activating group) is 1. The van der Waals surface area contributed by atoms with Crippen molar-refractivity contribution in [3.05, 3.63) is 0 Å². The Morgan fingerprint density at radius 3 is 2.80 bits per heavy atom. The van der Waals surface area contributed by atoms with Gasteiger partial charge in [0.1, 0.15) is 0 Å². The van der Waals surface area contributed by atoms with Gasteiger partial charge in [-0.3, -0.25) is 4.90 Å². The van der Waals surface area contributed by atoms with Crippen molar-refractivity contribution in [3.8, 4) is 0 Å². The van der Waals surface area contributed by atoms with Crippen LogP contribution in [0.15, 0.2) is 0 Å². The van der Waals surface area contributed by atoms with Crippen molar-refractivity contribution >= 4 is 11.8 Å². The molecule has 0 radical (unpaired) electrons. The summed E-state index contributed by atoms with van der Waals surface area (Å²) in [5.41, 5.74) is 0.547. The summed E-state index contributed by atoms with van der Waals surface area (Å²) in [6, 6.07) is 1.57. The van der Waals surface area contributed by atoms with Crippen molar-refractivity contribution < 1.29 is 0 Å². The van der Waals surface area contributed by atoms with Crippen molar-refractivity contribution in [2.24, 2.45) is 5.41 Å². The van der Waals surface area contributed by atoms with Gasteiger partial charge < -0.3 is 5.32 Å². The largest absolute Gasteiger partial charge is 0.316 e. The van der Waals surface area contributed by atoms with Crippen LogP contribution in [0.25, 0.3) is 0 Å². The molecule has 2 fully saturated rings. The molecule has 0 aromatic carbocycles. The first-order valence-electron chi connectivity index (χ1n) is 6.10. The molecule has 0 spiro atoms. The lowest BCUT2D eigenvalue weighted by Gasteiger charge is -2.39. The van der Waals surface area contributed by atoms with E-state index in [1.807, 2.05) is 0 Å². The normalized spacial score (nSPS) is 37.0. The quantitative estimate of drug-likeness (QED) is 0.776. The Balaban J connectivity index is 1.88. The predicted octanol–water partition coefficient (Wildman–Crippen LogP) is 1.81. The van der Waals surface area contributed by atoms with Crippen LogP contribution >= 0.6 is 11.8 Å². The van der Waals surface area contributed by atoms with Crippen LogP contribution < -0.4 is 5.32 Å². The van der Waals surface area contributed by atoms with Crippen LogP contribution in [0.2, 0.25) is 0 Å². The lowest BCUT2D eigenvalue weighted by atomic mass is 9.87. The van der Waals surface area contributed by atoms with E-state index in [9.17, 15) is 0 Å². The maximum Gasteiger partial charge on any atom is 0.0204 e. The molecule has 2 saturated heterocycles.